The third-order valence-corrected chi connectivity index (χ3v) is 5.57. The lowest BCUT2D eigenvalue weighted by molar-refractivity contribution is -0.131. The molecule has 0 bridgehead atoms. The SMILES string of the molecule is O=C(Cn1cnc2c(cnn2-c2ccccc2)c1=O)N1CC=C(c2ccccc2)CC1. The largest absolute Gasteiger partial charge is 0.337 e. The third kappa shape index (κ3) is 3.66. The van der Waals surface area contributed by atoms with Gasteiger partial charge >= 0.3 is 0 Å². The molecule has 7 heteroatoms. The first-order valence-corrected chi connectivity index (χ1v) is 10.2. The highest BCUT2D eigenvalue weighted by atomic mass is 16.2. The number of benzene rings is 2. The predicted octanol–water partition coefficient (Wildman–Crippen LogP) is 2.90. The van der Waals surface area contributed by atoms with Gasteiger partial charge in [0.25, 0.3) is 5.56 Å². The fraction of sp³-hybridized carbons (Fsp3) is 0.167. The highest BCUT2D eigenvalue weighted by Crippen LogP contribution is 2.22. The molecule has 0 saturated carbocycles. The van der Waals surface area contributed by atoms with Crippen LogP contribution in [-0.2, 0) is 11.3 Å². The minimum Gasteiger partial charge on any atom is -0.337 e. The molecule has 31 heavy (non-hydrogen) atoms. The fourth-order valence-corrected chi connectivity index (χ4v) is 3.88. The zero-order valence-electron chi connectivity index (χ0n) is 16.9. The van der Waals surface area contributed by atoms with Crippen LogP contribution in [0, 0.1) is 0 Å². The van der Waals surface area contributed by atoms with Crippen LogP contribution < -0.4 is 5.56 Å². The van der Waals surface area contributed by atoms with Crippen LogP contribution in [0.5, 0.6) is 0 Å². The molecule has 3 heterocycles. The Balaban J connectivity index is 1.34. The lowest BCUT2D eigenvalue weighted by Gasteiger charge is -2.27. The maximum atomic E-state index is 12.9. The first-order chi connectivity index (χ1) is 15.2. The van der Waals surface area contributed by atoms with Crippen LogP contribution in [0.15, 0.2) is 84.1 Å². The summed E-state index contributed by atoms with van der Waals surface area (Å²) in [7, 11) is 0. The van der Waals surface area contributed by atoms with Gasteiger partial charge in [-0.05, 0) is 29.7 Å². The molecule has 0 unspecified atom stereocenters. The van der Waals surface area contributed by atoms with Crippen LogP contribution >= 0.6 is 0 Å². The molecule has 0 spiro atoms. The number of nitrogens with zero attached hydrogens (tertiary/aromatic N) is 5. The average molecular weight is 411 g/mol. The van der Waals surface area contributed by atoms with E-state index in [0.29, 0.717) is 24.1 Å². The van der Waals surface area contributed by atoms with Gasteiger partial charge in [0.15, 0.2) is 5.65 Å². The maximum Gasteiger partial charge on any atom is 0.264 e. The van der Waals surface area contributed by atoms with Crippen molar-refractivity contribution >= 4 is 22.5 Å². The number of aromatic nitrogens is 4. The Morgan fingerprint density at radius 2 is 1.74 bits per heavy atom. The topological polar surface area (TPSA) is 73.0 Å². The predicted molar refractivity (Wildman–Crippen MR) is 119 cm³/mol. The van der Waals surface area contributed by atoms with Gasteiger partial charge in [0, 0.05) is 13.1 Å². The summed E-state index contributed by atoms with van der Waals surface area (Å²) in [5.41, 5.74) is 3.48. The van der Waals surface area contributed by atoms with Gasteiger partial charge in [-0.3, -0.25) is 14.2 Å². The second-order valence-electron chi connectivity index (χ2n) is 7.49. The Kier molecular flexibility index (Phi) is 4.92. The molecule has 0 N–H and O–H groups in total. The summed E-state index contributed by atoms with van der Waals surface area (Å²) in [5.74, 6) is -0.0953. The van der Waals surface area contributed by atoms with E-state index in [4.69, 9.17) is 0 Å². The number of para-hydroxylation sites is 1. The van der Waals surface area contributed by atoms with Crippen molar-refractivity contribution < 1.29 is 4.79 Å². The number of carbonyl (C=O) groups is 1. The highest BCUT2D eigenvalue weighted by molar-refractivity contribution is 5.79. The maximum absolute atomic E-state index is 12.9. The number of hydrogen-bond acceptors (Lipinski definition) is 4. The quantitative estimate of drug-likeness (QED) is 0.518. The normalized spacial score (nSPS) is 13.9. The van der Waals surface area contributed by atoms with E-state index in [1.165, 1.54) is 28.2 Å². The molecule has 7 nitrogen and oxygen atoms in total. The summed E-state index contributed by atoms with van der Waals surface area (Å²) < 4.78 is 2.99. The van der Waals surface area contributed by atoms with Crippen molar-refractivity contribution in [2.75, 3.05) is 13.1 Å². The van der Waals surface area contributed by atoms with E-state index < -0.39 is 0 Å². The van der Waals surface area contributed by atoms with Crippen LogP contribution in [0.1, 0.15) is 12.0 Å². The minimum atomic E-state index is -0.266. The zero-order valence-corrected chi connectivity index (χ0v) is 16.9. The molecule has 1 aliphatic rings. The Morgan fingerprint density at radius 1 is 1.00 bits per heavy atom. The van der Waals surface area contributed by atoms with Crippen molar-refractivity contribution in [1.29, 1.82) is 0 Å². The molecule has 1 amide bonds. The van der Waals surface area contributed by atoms with E-state index in [2.05, 4.69) is 28.3 Å². The van der Waals surface area contributed by atoms with Crippen LogP contribution in [0.25, 0.3) is 22.3 Å². The summed E-state index contributed by atoms with van der Waals surface area (Å²) >= 11 is 0. The second-order valence-corrected chi connectivity index (χ2v) is 7.49. The molecule has 1 aliphatic heterocycles. The standard InChI is InChI=1S/C24H21N5O2/c30-22(27-13-11-19(12-14-27)18-7-3-1-4-8-18)16-28-17-25-23-21(24(28)31)15-26-29(23)20-9-5-2-6-10-20/h1-11,15,17H,12-14,16H2. The van der Waals surface area contributed by atoms with Crippen molar-refractivity contribution in [3.05, 3.63) is 95.2 Å². The van der Waals surface area contributed by atoms with Crippen molar-refractivity contribution in [1.82, 2.24) is 24.2 Å². The summed E-state index contributed by atoms with van der Waals surface area (Å²) in [6.45, 7) is 1.14. The van der Waals surface area contributed by atoms with E-state index in [0.717, 1.165) is 12.1 Å². The molecule has 2 aromatic carbocycles. The van der Waals surface area contributed by atoms with Crippen LogP contribution in [0.2, 0.25) is 0 Å². The molecule has 0 radical (unpaired) electrons. The lowest BCUT2D eigenvalue weighted by Crippen LogP contribution is -2.39. The van der Waals surface area contributed by atoms with Crippen LogP contribution in [-0.4, -0.2) is 43.2 Å². The van der Waals surface area contributed by atoms with Gasteiger partial charge in [0.05, 0.1) is 11.9 Å². The van der Waals surface area contributed by atoms with Gasteiger partial charge in [0.2, 0.25) is 5.91 Å². The number of carbonyl (C=O) groups excluding carboxylic acids is 1. The molecule has 5 rings (SSSR count). The van der Waals surface area contributed by atoms with Crippen molar-refractivity contribution in [3.8, 4) is 5.69 Å². The molecule has 154 valence electrons. The van der Waals surface area contributed by atoms with Crippen molar-refractivity contribution in [3.63, 3.8) is 0 Å². The molecular weight excluding hydrogens is 390 g/mol. The summed E-state index contributed by atoms with van der Waals surface area (Å²) in [6.07, 6.45) is 5.82. The summed E-state index contributed by atoms with van der Waals surface area (Å²) in [4.78, 5) is 31.9. The lowest BCUT2D eigenvalue weighted by atomic mass is 9.99. The molecule has 0 fully saturated rings. The van der Waals surface area contributed by atoms with Crippen molar-refractivity contribution in [2.45, 2.75) is 13.0 Å². The molecule has 0 aliphatic carbocycles. The third-order valence-electron chi connectivity index (χ3n) is 5.57. The molecular formula is C24H21N5O2. The van der Waals surface area contributed by atoms with Gasteiger partial charge in [0.1, 0.15) is 18.3 Å². The van der Waals surface area contributed by atoms with E-state index >= 15 is 0 Å². The highest BCUT2D eigenvalue weighted by Gasteiger charge is 2.20. The van der Waals surface area contributed by atoms with Gasteiger partial charge in [-0.15, -0.1) is 0 Å². The monoisotopic (exact) mass is 411 g/mol. The van der Waals surface area contributed by atoms with Gasteiger partial charge in [-0.1, -0.05) is 54.6 Å². The van der Waals surface area contributed by atoms with Gasteiger partial charge in [-0.2, -0.15) is 5.10 Å². The van der Waals surface area contributed by atoms with E-state index in [-0.39, 0.29) is 18.0 Å². The second kappa shape index (κ2) is 8.02. The molecule has 4 aromatic rings. The Morgan fingerprint density at radius 3 is 2.45 bits per heavy atom. The van der Waals surface area contributed by atoms with Crippen LogP contribution in [0.3, 0.4) is 0 Å². The van der Waals surface area contributed by atoms with E-state index in [9.17, 15) is 9.59 Å². The van der Waals surface area contributed by atoms with Gasteiger partial charge in [-0.25, -0.2) is 9.67 Å². The number of rotatable bonds is 4. The smallest absolute Gasteiger partial charge is 0.264 e. The number of amides is 1. The average Bonchev–Trinajstić information content (AvgIpc) is 3.27. The minimum absolute atomic E-state index is 0.0349. The first kappa shape index (κ1) is 19.0. The number of hydrogen-bond donors (Lipinski definition) is 0. The number of fused-ring (bicyclic) bond motifs is 1. The molecule has 2 aromatic heterocycles. The van der Waals surface area contributed by atoms with E-state index in [1.807, 2.05) is 48.5 Å². The summed E-state index contributed by atoms with van der Waals surface area (Å²) in [5, 5.41) is 4.70. The van der Waals surface area contributed by atoms with Crippen molar-refractivity contribution in [2.24, 2.45) is 0 Å². The van der Waals surface area contributed by atoms with Gasteiger partial charge < -0.3 is 4.90 Å². The zero-order chi connectivity index (χ0) is 21.2. The first-order valence-electron chi connectivity index (χ1n) is 10.2. The molecule has 0 atom stereocenters. The summed E-state index contributed by atoms with van der Waals surface area (Å²) in [6, 6.07) is 19.7. The van der Waals surface area contributed by atoms with E-state index in [1.54, 1.807) is 9.58 Å². The Bertz CT molecular complexity index is 1320. The Hall–Kier alpha value is -4.00. The van der Waals surface area contributed by atoms with Crippen LogP contribution in [0.4, 0.5) is 0 Å². The molecule has 0 saturated heterocycles. The fourth-order valence-electron chi connectivity index (χ4n) is 3.88. The Labute approximate surface area is 178 Å².